The Kier molecular flexibility index (Phi) is 4.31. The van der Waals surface area contributed by atoms with E-state index in [1.54, 1.807) is 8.61 Å². The van der Waals surface area contributed by atoms with E-state index in [0.29, 0.717) is 32.1 Å². The largest absolute Gasteiger partial charge is 0.373 e. The van der Waals surface area contributed by atoms with Crippen molar-refractivity contribution in [2.75, 3.05) is 26.2 Å². The van der Waals surface area contributed by atoms with E-state index in [1.165, 1.54) is 0 Å². The summed E-state index contributed by atoms with van der Waals surface area (Å²) < 4.78 is 34.0. The van der Waals surface area contributed by atoms with Crippen molar-refractivity contribution in [3.05, 3.63) is 0 Å². The Morgan fingerprint density at radius 2 is 1.61 bits per heavy atom. The van der Waals surface area contributed by atoms with Crippen molar-refractivity contribution >= 4 is 10.2 Å². The van der Waals surface area contributed by atoms with Crippen LogP contribution in [0.4, 0.5) is 0 Å². The van der Waals surface area contributed by atoms with Gasteiger partial charge in [-0.25, -0.2) is 0 Å². The molecular weight excluding hydrogens is 252 g/mol. The first-order chi connectivity index (χ1) is 8.39. The third kappa shape index (κ3) is 3.04. The highest BCUT2D eigenvalue weighted by Gasteiger charge is 2.36. The topological polar surface area (TPSA) is 49.9 Å². The van der Waals surface area contributed by atoms with Gasteiger partial charge >= 0.3 is 0 Å². The van der Waals surface area contributed by atoms with Gasteiger partial charge in [0.15, 0.2) is 0 Å². The molecule has 0 aliphatic carbocycles. The maximum Gasteiger partial charge on any atom is 0.282 e. The van der Waals surface area contributed by atoms with Crippen molar-refractivity contribution in [1.82, 2.24) is 8.61 Å². The monoisotopic (exact) mass is 276 g/mol. The van der Waals surface area contributed by atoms with E-state index in [2.05, 4.69) is 6.92 Å². The minimum Gasteiger partial charge on any atom is -0.373 e. The van der Waals surface area contributed by atoms with Crippen molar-refractivity contribution in [3.8, 4) is 0 Å². The standard InChI is InChI=1S/C12H24N2O3S/c1-10-5-4-6-13(7-10)18(15,16)14-8-11(2)17-12(3)9-14/h10-12H,4-9H2,1-3H3/t10-,11-,12-/m1/s1. The Hall–Kier alpha value is -0.170. The van der Waals surface area contributed by atoms with Crippen molar-refractivity contribution < 1.29 is 13.2 Å². The molecule has 0 aromatic heterocycles. The summed E-state index contributed by atoms with van der Waals surface area (Å²) in [6.45, 7) is 8.23. The molecule has 0 amide bonds. The molecule has 0 saturated carbocycles. The van der Waals surface area contributed by atoms with Gasteiger partial charge in [-0.05, 0) is 32.6 Å². The van der Waals surface area contributed by atoms with Gasteiger partial charge in [-0.1, -0.05) is 6.92 Å². The molecular formula is C12H24N2O3S. The van der Waals surface area contributed by atoms with Gasteiger partial charge in [-0.2, -0.15) is 17.0 Å². The zero-order valence-electron chi connectivity index (χ0n) is 11.5. The van der Waals surface area contributed by atoms with Crippen LogP contribution < -0.4 is 0 Å². The second-order valence-electron chi connectivity index (χ2n) is 5.69. The van der Waals surface area contributed by atoms with Gasteiger partial charge in [-0.3, -0.25) is 0 Å². The molecule has 0 unspecified atom stereocenters. The Morgan fingerprint density at radius 3 is 2.17 bits per heavy atom. The molecule has 2 saturated heterocycles. The van der Waals surface area contributed by atoms with Crippen molar-refractivity contribution in [1.29, 1.82) is 0 Å². The molecule has 5 nitrogen and oxygen atoms in total. The molecule has 0 spiro atoms. The van der Waals surface area contributed by atoms with E-state index >= 15 is 0 Å². The first-order valence-electron chi connectivity index (χ1n) is 6.80. The number of ether oxygens (including phenoxy) is 1. The SMILES string of the molecule is C[C@@H]1CCCN(S(=O)(=O)N2C[C@@H](C)O[C@H](C)C2)C1. The average Bonchev–Trinajstić information content (AvgIpc) is 2.27. The zero-order valence-corrected chi connectivity index (χ0v) is 12.3. The van der Waals surface area contributed by atoms with Gasteiger partial charge in [-0.15, -0.1) is 0 Å². The highest BCUT2D eigenvalue weighted by molar-refractivity contribution is 7.86. The normalized spacial score (nSPS) is 36.7. The van der Waals surface area contributed by atoms with Crippen molar-refractivity contribution in [2.24, 2.45) is 5.92 Å². The van der Waals surface area contributed by atoms with Crippen LogP contribution in [0.1, 0.15) is 33.6 Å². The van der Waals surface area contributed by atoms with E-state index in [-0.39, 0.29) is 12.2 Å². The minimum absolute atomic E-state index is 0.0225. The summed E-state index contributed by atoms with van der Waals surface area (Å²) in [5, 5.41) is 0. The van der Waals surface area contributed by atoms with Crippen molar-refractivity contribution in [3.63, 3.8) is 0 Å². The van der Waals surface area contributed by atoms with Crippen molar-refractivity contribution in [2.45, 2.75) is 45.8 Å². The van der Waals surface area contributed by atoms with Crippen LogP contribution in [0.5, 0.6) is 0 Å². The lowest BCUT2D eigenvalue weighted by molar-refractivity contribution is -0.0457. The lowest BCUT2D eigenvalue weighted by Gasteiger charge is -2.39. The molecule has 0 aromatic rings. The molecule has 2 rings (SSSR count). The summed E-state index contributed by atoms with van der Waals surface area (Å²) in [6.07, 6.45) is 2.05. The van der Waals surface area contributed by atoms with Gasteiger partial charge in [0, 0.05) is 26.2 Å². The fraction of sp³-hybridized carbons (Fsp3) is 1.00. The Morgan fingerprint density at radius 1 is 1.00 bits per heavy atom. The highest BCUT2D eigenvalue weighted by Crippen LogP contribution is 2.23. The quantitative estimate of drug-likeness (QED) is 0.758. The highest BCUT2D eigenvalue weighted by atomic mass is 32.2. The first-order valence-corrected chi connectivity index (χ1v) is 8.20. The third-order valence-electron chi connectivity index (χ3n) is 3.66. The van der Waals surface area contributed by atoms with Gasteiger partial charge in [0.2, 0.25) is 0 Å². The summed E-state index contributed by atoms with van der Waals surface area (Å²) in [6, 6.07) is 0. The van der Waals surface area contributed by atoms with E-state index in [9.17, 15) is 8.42 Å². The molecule has 2 fully saturated rings. The van der Waals surface area contributed by atoms with Gasteiger partial charge in [0.05, 0.1) is 12.2 Å². The summed E-state index contributed by atoms with van der Waals surface area (Å²) in [4.78, 5) is 0. The second kappa shape index (κ2) is 5.45. The fourth-order valence-electron chi connectivity index (χ4n) is 2.84. The molecule has 0 radical (unpaired) electrons. The predicted molar refractivity (Wildman–Crippen MR) is 70.5 cm³/mol. The summed E-state index contributed by atoms with van der Waals surface area (Å²) in [5.41, 5.74) is 0. The molecule has 2 aliphatic heterocycles. The predicted octanol–water partition coefficient (Wildman–Crippen LogP) is 1.07. The van der Waals surface area contributed by atoms with E-state index in [1.807, 2.05) is 13.8 Å². The zero-order chi connectivity index (χ0) is 13.3. The molecule has 6 heteroatoms. The molecule has 2 heterocycles. The molecule has 18 heavy (non-hydrogen) atoms. The fourth-order valence-corrected chi connectivity index (χ4v) is 4.76. The Bertz CT molecular complexity index is 375. The first kappa shape index (κ1) is 14.2. The van der Waals surface area contributed by atoms with Gasteiger partial charge < -0.3 is 4.74 Å². The number of rotatable bonds is 2. The van der Waals surface area contributed by atoms with Crippen LogP contribution in [0.2, 0.25) is 0 Å². The van der Waals surface area contributed by atoms with Crippen LogP contribution in [-0.4, -0.2) is 55.4 Å². The minimum atomic E-state index is -3.30. The molecule has 0 aromatic carbocycles. The van der Waals surface area contributed by atoms with E-state index < -0.39 is 10.2 Å². The van der Waals surface area contributed by atoms with Crippen LogP contribution in [0, 0.1) is 5.92 Å². The summed E-state index contributed by atoms with van der Waals surface area (Å²) in [7, 11) is -3.30. The van der Waals surface area contributed by atoms with E-state index in [0.717, 1.165) is 12.8 Å². The van der Waals surface area contributed by atoms with Crippen LogP contribution >= 0.6 is 0 Å². The number of hydrogen-bond acceptors (Lipinski definition) is 3. The molecule has 0 N–H and O–H groups in total. The summed E-state index contributed by atoms with van der Waals surface area (Å²) >= 11 is 0. The third-order valence-corrected chi connectivity index (χ3v) is 5.59. The Balaban J connectivity index is 2.09. The second-order valence-corrected chi connectivity index (χ2v) is 7.62. The van der Waals surface area contributed by atoms with Crippen LogP contribution in [0.15, 0.2) is 0 Å². The maximum absolute atomic E-state index is 12.6. The van der Waals surface area contributed by atoms with Gasteiger partial charge in [0.1, 0.15) is 0 Å². The number of morpholine rings is 1. The maximum atomic E-state index is 12.6. The Labute approximate surface area is 110 Å². The lowest BCUT2D eigenvalue weighted by atomic mass is 10.0. The number of piperidine rings is 1. The molecule has 106 valence electrons. The van der Waals surface area contributed by atoms with Crippen LogP contribution in [0.25, 0.3) is 0 Å². The molecule has 2 aliphatic rings. The summed E-state index contributed by atoms with van der Waals surface area (Å²) in [5.74, 6) is 0.462. The molecule has 3 atom stereocenters. The smallest absolute Gasteiger partial charge is 0.282 e. The van der Waals surface area contributed by atoms with Crippen LogP contribution in [-0.2, 0) is 14.9 Å². The molecule has 0 bridgehead atoms. The lowest BCUT2D eigenvalue weighted by Crippen LogP contribution is -2.54. The average molecular weight is 276 g/mol. The van der Waals surface area contributed by atoms with Gasteiger partial charge in [0.25, 0.3) is 10.2 Å². The number of nitrogens with zero attached hydrogens (tertiary/aromatic N) is 2. The van der Waals surface area contributed by atoms with Crippen LogP contribution in [0.3, 0.4) is 0 Å². The van der Waals surface area contributed by atoms with E-state index in [4.69, 9.17) is 4.74 Å². The number of hydrogen-bond donors (Lipinski definition) is 0.